The van der Waals surface area contributed by atoms with Gasteiger partial charge in [-0.1, -0.05) is 30.7 Å². The van der Waals surface area contributed by atoms with Gasteiger partial charge in [-0.3, -0.25) is 4.79 Å². The molecular formula is C16H22ClNO2. The van der Waals surface area contributed by atoms with Crippen molar-refractivity contribution < 1.29 is 9.90 Å². The maximum Gasteiger partial charge on any atom is 0.225 e. The van der Waals surface area contributed by atoms with Crippen LogP contribution in [0.5, 0.6) is 0 Å². The van der Waals surface area contributed by atoms with Crippen molar-refractivity contribution in [3.05, 3.63) is 34.9 Å². The molecule has 1 saturated heterocycles. The zero-order chi connectivity index (χ0) is 14.5. The predicted molar refractivity (Wildman–Crippen MR) is 80.7 cm³/mol. The molecule has 1 aromatic rings. The number of carbonyl (C=O) groups is 1. The van der Waals surface area contributed by atoms with Crippen molar-refractivity contribution in [2.75, 3.05) is 19.7 Å². The summed E-state index contributed by atoms with van der Waals surface area (Å²) < 4.78 is 0. The molecule has 1 aromatic carbocycles. The third-order valence-corrected chi connectivity index (χ3v) is 4.18. The quantitative estimate of drug-likeness (QED) is 0.928. The van der Waals surface area contributed by atoms with E-state index in [1.807, 2.05) is 36.1 Å². The lowest BCUT2D eigenvalue weighted by Crippen LogP contribution is -2.43. The van der Waals surface area contributed by atoms with Crippen LogP contribution in [0.1, 0.15) is 25.3 Å². The molecular weight excluding hydrogens is 274 g/mol. The molecule has 1 aliphatic rings. The number of aliphatic hydroxyl groups excluding tert-OH is 1. The number of halogens is 1. The molecule has 1 N–H and O–H groups in total. The van der Waals surface area contributed by atoms with Crippen LogP contribution in [0.3, 0.4) is 0 Å². The van der Waals surface area contributed by atoms with E-state index in [1.54, 1.807) is 0 Å². The third kappa shape index (κ3) is 3.97. The molecule has 0 spiro atoms. The lowest BCUT2D eigenvalue weighted by Gasteiger charge is -2.33. The number of aliphatic hydroxyl groups is 1. The Labute approximate surface area is 125 Å². The summed E-state index contributed by atoms with van der Waals surface area (Å²) in [5, 5.41) is 9.95. The summed E-state index contributed by atoms with van der Waals surface area (Å²) in [7, 11) is 0. The van der Waals surface area contributed by atoms with Crippen LogP contribution in [-0.4, -0.2) is 35.6 Å². The number of rotatable bonds is 4. The van der Waals surface area contributed by atoms with E-state index >= 15 is 0 Å². The summed E-state index contributed by atoms with van der Waals surface area (Å²) >= 11 is 5.97. The zero-order valence-electron chi connectivity index (χ0n) is 11.9. The smallest absolute Gasteiger partial charge is 0.225 e. The van der Waals surface area contributed by atoms with Gasteiger partial charge < -0.3 is 10.0 Å². The van der Waals surface area contributed by atoms with E-state index < -0.39 is 0 Å². The molecule has 1 amide bonds. The van der Waals surface area contributed by atoms with Crippen molar-refractivity contribution in [3.63, 3.8) is 0 Å². The molecule has 2 unspecified atom stereocenters. The van der Waals surface area contributed by atoms with Crippen LogP contribution in [0, 0.1) is 11.8 Å². The molecule has 0 radical (unpaired) electrons. The number of piperidine rings is 1. The second-order valence-electron chi connectivity index (χ2n) is 5.71. The first-order valence-corrected chi connectivity index (χ1v) is 7.62. The van der Waals surface area contributed by atoms with Gasteiger partial charge in [0.1, 0.15) is 0 Å². The van der Waals surface area contributed by atoms with Gasteiger partial charge in [0.2, 0.25) is 5.91 Å². The van der Waals surface area contributed by atoms with Gasteiger partial charge in [-0.15, -0.1) is 0 Å². The standard InChI is InChI=1S/C16H22ClNO2/c1-12(8-13-4-2-6-15(17)9-13)16(20)18-7-3-5-14(10-18)11-19/h2,4,6,9,12,14,19H,3,5,7-8,10-11H2,1H3. The van der Waals surface area contributed by atoms with E-state index in [2.05, 4.69) is 0 Å². The Morgan fingerprint density at radius 1 is 1.55 bits per heavy atom. The Balaban J connectivity index is 1.94. The first kappa shape index (κ1) is 15.3. The van der Waals surface area contributed by atoms with E-state index in [0.29, 0.717) is 18.0 Å². The first-order valence-electron chi connectivity index (χ1n) is 7.24. The minimum absolute atomic E-state index is 0.0501. The van der Waals surface area contributed by atoms with Gasteiger partial charge in [0, 0.05) is 30.6 Å². The highest BCUT2D eigenvalue weighted by Gasteiger charge is 2.26. The highest BCUT2D eigenvalue weighted by atomic mass is 35.5. The molecule has 110 valence electrons. The fourth-order valence-electron chi connectivity index (χ4n) is 2.83. The summed E-state index contributed by atoms with van der Waals surface area (Å²) in [5.41, 5.74) is 1.09. The number of hydrogen-bond donors (Lipinski definition) is 1. The molecule has 0 saturated carbocycles. The van der Waals surface area contributed by atoms with Crippen molar-refractivity contribution in [1.29, 1.82) is 0 Å². The van der Waals surface area contributed by atoms with Crippen LogP contribution >= 0.6 is 11.6 Å². The summed E-state index contributed by atoms with van der Waals surface area (Å²) in [6.45, 7) is 3.64. The number of likely N-dealkylation sites (tertiary alicyclic amines) is 1. The molecule has 0 bridgehead atoms. The highest BCUT2D eigenvalue weighted by Crippen LogP contribution is 2.20. The largest absolute Gasteiger partial charge is 0.396 e. The molecule has 2 atom stereocenters. The van der Waals surface area contributed by atoms with Crippen LogP contribution in [-0.2, 0) is 11.2 Å². The van der Waals surface area contributed by atoms with Crippen LogP contribution < -0.4 is 0 Å². The highest BCUT2D eigenvalue weighted by molar-refractivity contribution is 6.30. The van der Waals surface area contributed by atoms with Crippen molar-refractivity contribution in [1.82, 2.24) is 4.90 Å². The Bertz CT molecular complexity index is 464. The molecule has 20 heavy (non-hydrogen) atoms. The fraction of sp³-hybridized carbons (Fsp3) is 0.562. The van der Waals surface area contributed by atoms with Gasteiger partial charge in [0.15, 0.2) is 0 Å². The lowest BCUT2D eigenvalue weighted by molar-refractivity contribution is -0.137. The van der Waals surface area contributed by atoms with Gasteiger partial charge in [-0.2, -0.15) is 0 Å². The van der Waals surface area contributed by atoms with E-state index in [9.17, 15) is 9.90 Å². The summed E-state index contributed by atoms with van der Waals surface area (Å²) in [4.78, 5) is 14.4. The molecule has 2 rings (SSSR count). The van der Waals surface area contributed by atoms with Gasteiger partial charge >= 0.3 is 0 Å². The average Bonchev–Trinajstić information content (AvgIpc) is 2.46. The van der Waals surface area contributed by atoms with Gasteiger partial charge in [-0.05, 0) is 42.9 Å². The number of carbonyl (C=O) groups excluding carboxylic acids is 1. The van der Waals surface area contributed by atoms with Crippen LogP contribution in [0.2, 0.25) is 5.02 Å². The third-order valence-electron chi connectivity index (χ3n) is 3.94. The molecule has 1 aliphatic heterocycles. The number of nitrogens with zero attached hydrogens (tertiary/aromatic N) is 1. The molecule has 0 aliphatic carbocycles. The summed E-state index contributed by atoms with van der Waals surface area (Å²) in [6, 6.07) is 7.67. The molecule has 0 aromatic heterocycles. The van der Waals surface area contributed by atoms with Gasteiger partial charge in [0.25, 0.3) is 0 Å². The average molecular weight is 296 g/mol. The Morgan fingerprint density at radius 3 is 3.05 bits per heavy atom. The molecule has 3 nitrogen and oxygen atoms in total. The van der Waals surface area contributed by atoms with E-state index in [4.69, 9.17) is 11.6 Å². The number of benzene rings is 1. The Hall–Kier alpha value is -1.06. The second-order valence-corrected chi connectivity index (χ2v) is 6.15. The zero-order valence-corrected chi connectivity index (χ0v) is 12.6. The van der Waals surface area contributed by atoms with E-state index in [1.165, 1.54) is 0 Å². The van der Waals surface area contributed by atoms with Crippen molar-refractivity contribution in [3.8, 4) is 0 Å². The predicted octanol–water partition coefficient (Wildman–Crippen LogP) is 2.75. The van der Waals surface area contributed by atoms with Crippen molar-refractivity contribution in [2.45, 2.75) is 26.2 Å². The van der Waals surface area contributed by atoms with Crippen molar-refractivity contribution >= 4 is 17.5 Å². The van der Waals surface area contributed by atoms with Gasteiger partial charge in [-0.25, -0.2) is 0 Å². The van der Waals surface area contributed by atoms with E-state index in [-0.39, 0.29) is 24.3 Å². The molecule has 1 fully saturated rings. The Morgan fingerprint density at radius 2 is 2.35 bits per heavy atom. The van der Waals surface area contributed by atoms with E-state index in [0.717, 1.165) is 24.9 Å². The maximum absolute atomic E-state index is 12.5. The molecule has 4 heteroatoms. The maximum atomic E-state index is 12.5. The fourth-order valence-corrected chi connectivity index (χ4v) is 3.04. The van der Waals surface area contributed by atoms with Crippen molar-refractivity contribution in [2.24, 2.45) is 11.8 Å². The Kier molecular flexibility index (Phi) is 5.44. The summed E-state index contributed by atoms with van der Waals surface area (Å²) in [6.07, 6.45) is 2.71. The van der Waals surface area contributed by atoms with Gasteiger partial charge in [0.05, 0.1) is 0 Å². The minimum Gasteiger partial charge on any atom is -0.396 e. The van der Waals surface area contributed by atoms with Crippen LogP contribution in [0.25, 0.3) is 0 Å². The minimum atomic E-state index is -0.0501. The van der Waals surface area contributed by atoms with Crippen LogP contribution in [0.15, 0.2) is 24.3 Å². The topological polar surface area (TPSA) is 40.5 Å². The first-order chi connectivity index (χ1) is 9.60. The lowest BCUT2D eigenvalue weighted by atomic mass is 9.95. The summed E-state index contributed by atoms with van der Waals surface area (Å²) in [5.74, 6) is 0.375. The molecule has 1 heterocycles. The second kappa shape index (κ2) is 7.09. The number of hydrogen-bond acceptors (Lipinski definition) is 2. The monoisotopic (exact) mass is 295 g/mol. The SMILES string of the molecule is CC(Cc1cccc(Cl)c1)C(=O)N1CCCC(CO)C1. The normalized spacial score (nSPS) is 20.8. The number of amides is 1. The van der Waals surface area contributed by atoms with Crippen LogP contribution in [0.4, 0.5) is 0 Å².